The van der Waals surface area contributed by atoms with E-state index >= 15 is 0 Å². The Balaban J connectivity index is 1.82. The van der Waals surface area contributed by atoms with Crippen molar-refractivity contribution in [3.8, 4) is 0 Å². The molecule has 0 radical (unpaired) electrons. The summed E-state index contributed by atoms with van der Waals surface area (Å²) in [6.45, 7) is 18.0. The SMILES string of the molecule is C=C[Si]12O[Si]3(C)O[Si]4(C)O[Si](C)(O[Si]5(C)O[Si](C)(O[Si](C)(O3)O[Si](C=C)(O4)O5)O1)O2. The van der Waals surface area contributed by atoms with Crippen molar-refractivity contribution >= 4 is 70.4 Å². The van der Waals surface area contributed by atoms with Gasteiger partial charge >= 0.3 is 70.4 Å². The third-order valence-electron chi connectivity index (χ3n) is 4.69. The lowest BCUT2D eigenvalue weighted by Crippen LogP contribution is -2.86. The summed E-state index contributed by atoms with van der Waals surface area (Å²) in [5.41, 5.74) is 2.98. The van der Waals surface area contributed by atoms with Crippen LogP contribution in [-0.4, -0.2) is 70.4 Å². The van der Waals surface area contributed by atoms with Crippen molar-refractivity contribution < 1.29 is 49.4 Å². The quantitative estimate of drug-likeness (QED) is 0.449. The van der Waals surface area contributed by atoms with Gasteiger partial charge in [-0.1, -0.05) is 0 Å². The third-order valence-corrected chi connectivity index (χ3v) is 39.2. The van der Waals surface area contributed by atoms with E-state index in [4.69, 9.17) is 49.4 Å². The highest BCUT2D eigenvalue weighted by atomic mass is 28.6. The average molecular weight is 561 g/mol. The Morgan fingerprint density at radius 2 is 0.533 bits per heavy atom. The van der Waals surface area contributed by atoms with Gasteiger partial charge in [0.05, 0.1) is 0 Å². The fraction of sp³-hybridized carbons (Fsp3) is 0.600. The van der Waals surface area contributed by atoms with Crippen LogP contribution in [0.4, 0.5) is 0 Å². The first-order chi connectivity index (χ1) is 13.6. The van der Waals surface area contributed by atoms with Crippen LogP contribution >= 0.6 is 0 Å². The standard InChI is InChI=1S/C10H24O12Si8/c1-9-29-17-23(3)11-26(6)13-24(4,18-29)15-28(8)16-25(5,19-29)14-27(7,12-23)21-30(10-2,20-26)22-28/h9-10H,1-2H2,3-8H3. The lowest BCUT2D eigenvalue weighted by Gasteiger charge is -2.60. The smallest absolute Gasteiger partial charge is 0.373 e. The van der Waals surface area contributed by atoms with E-state index in [-0.39, 0.29) is 0 Å². The molecule has 0 amide bonds. The molecule has 0 N–H and O–H groups in total. The van der Waals surface area contributed by atoms with Crippen molar-refractivity contribution in [3.05, 3.63) is 24.6 Å². The van der Waals surface area contributed by atoms with Crippen LogP contribution in [0.25, 0.3) is 0 Å². The van der Waals surface area contributed by atoms with Crippen molar-refractivity contribution in [1.82, 2.24) is 0 Å². The molecule has 6 fully saturated rings. The molecular weight excluding hydrogens is 537 g/mol. The van der Waals surface area contributed by atoms with Crippen molar-refractivity contribution in [3.63, 3.8) is 0 Å². The molecule has 20 heteroatoms. The number of hydrogen-bond acceptors (Lipinski definition) is 12. The van der Waals surface area contributed by atoms with E-state index in [0.29, 0.717) is 0 Å². The van der Waals surface area contributed by atoms with Gasteiger partial charge in [-0.2, -0.15) is 0 Å². The molecule has 0 unspecified atom stereocenters. The zero-order valence-electron chi connectivity index (χ0n) is 17.5. The Labute approximate surface area is 183 Å². The molecule has 8 bridgehead atoms. The molecule has 0 aromatic rings. The zero-order chi connectivity index (χ0) is 21.9. The van der Waals surface area contributed by atoms with Gasteiger partial charge in [0.15, 0.2) is 0 Å². The van der Waals surface area contributed by atoms with E-state index in [1.807, 2.05) is 0 Å². The summed E-state index contributed by atoms with van der Waals surface area (Å²) >= 11 is 0. The zero-order valence-corrected chi connectivity index (χ0v) is 25.5. The van der Waals surface area contributed by atoms with Gasteiger partial charge in [-0.3, -0.25) is 0 Å². The summed E-state index contributed by atoms with van der Waals surface area (Å²) in [6, 6.07) is 0. The molecule has 6 aliphatic rings. The molecule has 30 heavy (non-hydrogen) atoms. The fourth-order valence-electron chi connectivity index (χ4n) is 4.32. The van der Waals surface area contributed by atoms with Crippen LogP contribution in [-0.2, 0) is 49.4 Å². The Hall–Kier alpha value is 0.735. The van der Waals surface area contributed by atoms with Gasteiger partial charge in [-0.15, -0.1) is 13.2 Å². The Morgan fingerprint density at radius 1 is 0.367 bits per heavy atom. The van der Waals surface area contributed by atoms with Crippen LogP contribution in [0.5, 0.6) is 0 Å². The van der Waals surface area contributed by atoms with Crippen LogP contribution in [0.15, 0.2) is 24.6 Å². The molecule has 0 spiro atoms. The summed E-state index contributed by atoms with van der Waals surface area (Å²) in [6.07, 6.45) is 0. The molecule has 168 valence electrons. The van der Waals surface area contributed by atoms with E-state index in [1.165, 1.54) is 11.4 Å². The second-order valence-electron chi connectivity index (χ2n) is 8.01. The highest BCUT2D eigenvalue weighted by Crippen LogP contribution is 2.48. The van der Waals surface area contributed by atoms with E-state index in [2.05, 4.69) is 13.2 Å². The molecular formula is C10H24O12Si8. The molecule has 0 aromatic heterocycles. The Bertz CT molecular complexity index is 656. The largest absolute Gasteiger partial charge is 0.506 e. The van der Waals surface area contributed by atoms with Crippen molar-refractivity contribution in [2.24, 2.45) is 0 Å². The van der Waals surface area contributed by atoms with E-state index in [0.717, 1.165) is 0 Å². The first-order valence-corrected chi connectivity index (χ1v) is 26.2. The van der Waals surface area contributed by atoms with Gasteiger partial charge in [-0.25, -0.2) is 0 Å². The minimum atomic E-state index is -3.68. The summed E-state index contributed by atoms with van der Waals surface area (Å²) in [5, 5.41) is 0. The number of rotatable bonds is 2. The van der Waals surface area contributed by atoms with Crippen molar-refractivity contribution in [2.75, 3.05) is 0 Å². The maximum atomic E-state index is 6.43. The van der Waals surface area contributed by atoms with Gasteiger partial charge < -0.3 is 49.4 Å². The predicted octanol–water partition coefficient (Wildman–Crippen LogP) is 0.994. The highest BCUT2D eigenvalue weighted by molar-refractivity contribution is 7.03. The second kappa shape index (κ2) is 6.24. The lowest BCUT2D eigenvalue weighted by atomic mass is 11.3. The molecule has 0 aliphatic carbocycles. The van der Waals surface area contributed by atoms with Crippen LogP contribution in [0.3, 0.4) is 0 Å². The Morgan fingerprint density at radius 3 is 0.667 bits per heavy atom. The maximum Gasteiger partial charge on any atom is 0.506 e. The third kappa shape index (κ3) is 3.57. The molecule has 0 atom stereocenters. The van der Waals surface area contributed by atoms with E-state index in [9.17, 15) is 0 Å². The van der Waals surface area contributed by atoms with E-state index in [1.54, 1.807) is 39.3 Å². The van der Waals surface area contributed by atoms with Crippen molar-refractivity contribution in [1.29, 1.82) is 0 Å². The minimum absolute atomic E-state index is 1.49. The first kappa shape index (κ1) is 22.5. The summed E-state index contributed by atoms with van der Waals surface area (Å²) in [5.74, 6) is 0. The molecule has 0 aromatic carbocycles. The van der Waals surface area contributed by atoms with Crippen LogP contribution in [0.2, 0.25) is 39.3 Å². The van der Waals surface area contributed by atoms with Gasteiger partial charge in [0.25, 0.3) is 0 Å². The maximum absolute atomic E-state index is 6.43. The summed E-state index contributed by atoms with van der Waals surface area (Å²) in [4.78, 5) is 0. The van der Waals surface area contributed by atoms with Gasteiger partial charge in [0, 0.05) is 39.3 Å². The van der Waals surface area contributed by atoms with Gasteiger partial charge in [0.1, 0.15) is 0 Å². The summed E-state index contributed by atoms with van der Waals surface area (Å²) in [7, 11) is -28.6. The summed E-state index contributed by atoms with van der Waals surface area (Å²) < 4.78 is 77.1. The van der Waals surface area contributed by atoms with Gasteiger partial charge in [-0.05, 0) is 11.4 Å². The molecule has 0 saturated carbocycles. The van der Waals surface area contributed by atoms with Crippen molar-refractivity contribution in [2.45, 2.75) is 39.3 Å². The molecule has 6 heterocycles. The number of hydrogen-bond donors (Lipinski definition) is 0. The molecule has 12 nitrogen and oxygen atoms in total. The minimum Gasteiger partial charge on any atom is -0.373 e. The normalized spacial score (nSPS) is 62.1. The predicted molar refractivity (Wildman–Crippen MR) is 115 cm³/mol. The second-order valence-corrected chi connectivity index (χ2v) is 31.4. The monoisotopic (exact) mass is 560 g/mol. The molecule has 6 aliphatic heterocycles. The van der Waals surface area contributed by atoms with Crippen LogP contribution < -0.4 is 0 Å². The average Bonchev–Trinajstić information content (AvgIpc) is 2.45. The molecule has 6 rings (SSSR count). The van der Waals surface area contributed by atoms with Crippen LogP contribution in [0, 0.1) is 0 Å². The van der Waals surface area contributed by atoms with Crippen LogP contribution in [0.1, 0.15) is 0 Å². The first-order valence-electron chi connectivity index (χ1n) is 9.29. The Kier molecular flexibility index (Phi) is 4.68. The highest BCUT2D eigenvalue weighted by Gasteiger charge is 2.79. The fourth-order valence-corrected chi connectivity index (χ4v) is 47.9. The molecule has 6 saturated heterocycles. The topological polar surface area (TPSA) is 111 Å². The van der Waals surface area contributed by atoms with Gasteiger partial charge in [0.2, 0.25) is 0 Å². The lowest BCUT2D eigenvalue weighted by molar-refractivity contribution is -0.0146. The van der Waals surface area contributed by atoms with E-state index < -0.39 is 70.4 Å².